The first-order valence-electron chi connectivity index (χ1n) is 4.32. The van der Waals surface area contributed by atoms with Gasteiger partial charge >= 0.3 is 5.97 Å². The molecule has 0 bridgehead atoms. The van der Waals surface area contributed by atoms with Crippen LogP contribution in [0.25, 0.3) is 0 Å². The van der Waals surface area contributed by atoms with Gasteiger partial charge in [0.25, 0.3) is 0 Å². The van der Waals surface area contributed by atoms with E-state index in [1.165, 1.54) is 6.92 Å². The minimum absolute atomic E-state index is 0.0366. The number of esters is 1. The summed E-state index contributed by atoms with van der Waals surface area (Å²) in [5.74, 6) is 0.207. The normalized spacial score (nSPS) is 19.9. The SMILES string of the molecule is CC(=O)Oc1cccc(C2COO2)c1. The molecule has 1 aromatic rings. The average Bonchev–Trinajstić information content (AvgIpc) is 1.99. The molecule has 4 heteroatoms. The van der Waals surface area contributed by atoms with Crippen LogP contribution in [-0.4, -0.2) is 12.6 Å². The molecule has 74 valence electrons. The number of benzene rings is 1. The number of hydrogen-bond donors (Lipinski definition) is 0. The van der Waals surface area contributed by atoms with Crippen LogP contribution in [0, 0.1) is 0 Å². The highest BCUT2D eigenvalue weighted by atomic mass is 17.2. The van der Waals surface area contributed by atoms with Crippen molar-refractivity contribution in [3.63, 3.8) is 0 Å². The maximum atomic E-state index is 10.7. The predicted octanol–water partition coefficient (Wildman–Crippen LogP) is 1.61. The van der Waals surface area contributed by atoms with Crippen LogP contribution in [0.3, 0.4) is 0 Å². The Morgan fingerprint density at radius 2 is 2.36 bits per heavy atom. The summed E-state index contributed by atoms with van der Waals surface area (Å²) in [7, 11) is 0. The Morgan fingerprint density at radius 1 is 1.57 bits per heavy atom. The summed E-state index contributed by atoms with van der Waals surface area (Å²) in [6.45, 7) is 1.92. The Balaban J connectivity index is 2.13. The van der Waals surface area contributed by atoms with E-state index >= 15 is 0 Å². The first-order valence-corrected chi connectivity index (χ1v) is 4.32. The third kappa shape index (κ3) is 1.92. The summed E-state index contributed by atoms with van der Waals surface area (Å²) in [5, 5.41) is 0. The third-order valence-corrected chi connectivity index (χ3v) is 1.90. The van der Waals surface area contributed by atoms with Crippen LogP contribution in [0.2, 0.25) is 0 Å². The molecule has 0 spiro atoms. The minimum atomic E-state index is -0.326. The van der Waals surface area contributed by atoms with Gasteiger partial charge in [0.2, 0.25) is 0 Å². The van der Waals surface area contributed by atoms with E-state index in [4.69, 9.17) is 9.62 Å². The topological polar surface area (TPSA) is 44.8 Å². The summed E-state index contributed by atoms with van der Waals surface area (Å²) in [4.78, 5) is 20.1. The van der Waals surface area contributed by atoms with E-state index in [0.29, 0.717) is 12.4 Å². The van der Waals surface area contributed by atoms with Gasteiger partial charge in [-0.05, 0) is 17.7 Å². The smallest absolute Gasteiger partial charge is 0.308 e. The molecule has 1 fully saturated rings. The van der Waals surface area contributed by atoms with Crippen molar-refractivity contribution in [2.45, 2.75) is 13.0 Å². The molecular formula is C10H10O4. The van der Waals surface area contributed by atoms with E-state index in [1.54, 1.807) is 12.1 Å². The lowest BCUT2D eigenvalue weighted by atomic mass is 10.1. The quantitative estimate of drug-likeness (QED) is 0.407. The van der Waals surface area contributed by atoms with Crippen LogP contribution in [0.1, 0.15) is 18.6 Å². The Hall–Kier alpha value is -1.39. The molecule has 1 aliphatic rings. The van der Waals surface area contributed by atoms with Gasteiger partial charge in [-0.1, -0.05) is 12.1 Å². The number of ether oxygens (including phenoxy) is 1. The molecular weight excluding hydrogens is 184 g/mol. The van der Waals surface area contributed by atoms with E-state index in [-0.39, 0.29) is 12.1 Å². The lowest BCUT2D eigenvalue weighted by Gasteiger charge is -2.24. The molecule has 1 atom stereocenters. The van der Waals surface area contributed by atoms with E-state index in [9.17, 15) is 4.79 Å². The standard InChI is InChI=1S/C10H10O4/c1-7(11)13-9-4-2-3-8(5-9)10-6-12-14-10/h2-5,10H,6H2,1H3. The second kappa shape index (κ2) is 3.77. The van der Waals surface area contributed by atoms with Crippen molar-refractivity contribution in [3.8, 4) is 5.75 Å². The summed E-state index contributed by atoms with van der Waals surface area (Å²) in [5.41, 5.74) is 0.954. The van der Waals surface area contributed by atoms with Gasteiger partial charge in [0.15, 0.2) is 0 Å². The summed E-state index contributed by atoms with van der Waals surface area (Å²) in [6.07, 6.45) is -0.0366. The zero-order valence-corrected chi connectivity index (χ0v) is 7.73. The van der Waals surface area contributed by atoms with Gasteiger partial charge in [-0.15, -0.1) is 0 Å². The van der Waals surface area contributed by atoms with Gasteiger partial charge < -0.3 is 4.74 Å². The molecule has 0 radical (unpaired) electrons. The fraction of sp³-hybridized carbons (Fsp3) is 0.300. The van der Waals surface area contributed by atoms with Crippen LogP contribution in [0.15, 0.2) is 24.3 Å². The summed E-state index contributed by atoms with van der Waals surface area (Å²) >= 11 is 0. The monoisotopic (exact) mass is 194 g/mol. The highest BCUT2D eigenvalue weighted by molar-refractivity contribution is 5.69. The predicted molar refractivity (Wildman–Crippen MR) is 47.5 cm³/mol. The Labute approximate surface area is 81.3 Å². The Bertz CT molecular complexity index is 344. The molecule has 1 saturated heterocycles. The van der Waals surface area contributed by atoms with Crippen molar-refractivity contribution >= 4 is 5.97 Å². The highest BCUT2D eigenvalue weighted by Gasteiger charge is 2.22. The van der Waals surface area contributed by atoms with Gasteiger partial charge in [-0.3, -0.25) is 4.79 Å². The summed E-state index contributed by atoms with van der Waals surface area (Å²) < 4.78 is 4.94. The molecule has 0 amide bonds. The van der Waals surface area contributed by atoms with E-state index in [0.717, 1.165) is 5.56 Å². The lowest BCUT2D eigenvalue weighted by molar-refractivity contribution is -0.429. The zero-order chi connectivity index (χ0) is 9.97. The number of carbonyl (C=O) groups excluding carboxylic acids is 1. The lowest BCUT2D eigenvalue weighted by Crippen LogP contribution is -2.22. The molecule has 1 unspecified atom stereocenters. The van der Waals surface area contributed by atoms with Crippen molar-refractivity contribution in [3.05, 3.63) is 29.8 Å². The van der Waals surface area contributed by atoms with Crippen LogP contribution >= 0.6 is 0 Å². The van der Waals surface area contributed by atoms with Gasteiger partial charge in [-0.2, -0.15) is 0 Å². The zero-order valence-electron chi connectivity index (χ0n) is 7.73. The van der Waals surface area contributed by atoms with E-state index in [1.807, 2.05) is 12.1 Å². The van der Waals surface area contributed by atoms with E-state index < -0.39 is 0 Å². The largest absolute Gasteiger partial charge is 0.427 e. The molecule has 0 saturated carbocycles. The second-order valence-electron chi connectivity index (χ2n) is 3.04. The van der Waals surface area contributed by atoms with Crippen LogP contribution in [0.5, 0.6) is 5.75 Å². The Morgan fingerprint density at radius 3 is 2.93 bits per heavy atom. The molecule has 1 heterocycles. The van der Waals surface area contributed by atoms with Gasteiger partial charge in [-0.25, -0.2) is 9.78 Å². The maximum Gasteiger partial charge on any atom is 0.308 e. The van der Waals surface area contributed by atoms with Crippen molar-refractivity contribution in [1.82, 2.24) is 0 Å². The van der Waals surface area contributed by atoms with Gasteiger partial charge in [0.1, 0.15) is 18.5 Å². The van der Waals surface area contributed by atoms with Crippen molar-refractivity contribution in [1.29, 1.82) is 0 Å². The fourth-order valence-electron chi connectivity index (χ4n) is 1.23. The fourth-order valence-corrected chi connectivity index (χ4v) is 1.23. The van der Waals surface area contributed by atoms with Gasteiger partial charge in [0, 0.05) is 6.92 Å². The van der Waals surface area contributed by atoms with Crippen molar-refractivity contribution in [2.24, 2.45) is 0 Å². The number of hydrogen-bond acceptors (Lipinski definition) is 4. The second-order valence-corrected chi connectivity index (χ2v) is 3.04. The maximum absolute atomic E-state index is 10.7. The molecule has 0 N–H and O–H groups in total. The molecule has 1 aliphatic heterocycles. The first kappa shape index (κ1) is 9.18. The van der Waals surface area contributed by atoms with Gasteiger partial charge in [0.05, 0.1) is 0 Å². The van der Waals surface area contributed by atoms with Crippen LogP contribution in [-0.2, 0) is 14.6 Å². The molecule has 2 rings (SSSR count). The molecule has 4 nitrogen and oxygen atoms in total. The molecule has 0 aromatic heterocycles. The third-order valence-electron chi connectivity index (χ3n) is 1.90. The van der Waals surface area contributed by atoms with Crippen LogP contribution < -0.4 is 4.74 Å². The molecule has 14 heavy (non-hydrogen) atoms. The minimum Gasteiger partial charge on any atom is -0.427 e. The van der Waals surface area contributed by atoms with Crippen LogP contribution in [0.4, 0.5) is 0 Å². The molecule has 0 aliphatic carbocycles. The Kier molecular flexibility index (Phi) is 2.47. The molecule has 1 aromatic carbocycles. The summed E-state index contributed by atoms with van der Waals surface area (Å²) in [6, 6.07) is 7.22. The van der Waals surface area contributed by atoms with Crippen molar-refractivity contribution in [2.75, 3.05) is 6.61 Å². The van der Waals surface area contributed by atoms with E-state index in [2.05, 4.69) is 4.89 Å². The average molecular weight is 194 g/mol. The van der Waals surface area contributed by atoms with Crippen molar-refractivity contribution < 1.29 is 19.3 Å². The first-order chi connectivity index (χ1) is 6.75. The highest BCUT2D eigenvalue weighted by Crippen LogP contribution is 2.28. The number of rotatable bonds is 2. The number of carbonyl (C=O) groups is 1.